The summed E-state index contributed by atoms with van der Waals surface area (Å²) in [6.07, 6.45) is 0. The molecule has 0 aliphatic carbocycles. The summed E-state index contributed by atoms with van der Waals surface area (Å²) in [6.45, 7) is 6.51. The molecule has 84 valence electrons. The summed E-state index contributed by atoms with van der Waals surface area (Å²) >= 11 is 0. The Hall–Kier alpha value is -1.36. The van der Waals surface area contributed by atoms with Gasteiger partial charge in [0, 0.05) is 17.8 Å². The second-order valence-corrected chi connectivity index (χ2v) is 3.40. The van der Waals surface area contributed by atoms with Gasteiger partial charge < -0.3 is 10.5 Å². The summed E-state index contributed by atoms with van der Waals surface area (Å²) in [6, 6.07) is -0.740. The number of rotatable bonds is 3. The van der Waals surface area contributed by atoms with Crippen LogP contribution >= 0.6 is 0 Å². The van der Waals surface area contributed by atoms with E-state index in [1.165, 1.54) is 7.11 Å². The number of aryl methyl sites for hydroxylation is 2. The largest absolute Gasteiger partial charge is 0.468 e. The maximum absolute atomic E-state index is 11.3. The molecule has 0 amide bonds. The highest BCUT2D eigenvalue weighted by Gasteiger charge is 2.23. The number of carbonyl (C=O) groups excluding carboxylic acids is 1. The molecule has 0 saturated heterocycles. The number of aromatic nitrogens is 2. The predicted octanol–water partition coefficient (Wildman–Crippen LogP) is 0.693. The molecule has 1 unspecified atom stereocenters. The maximum Gasteiger partial charge on any atom is 0.327 e. The topological polar surface area (TPSA) is 70.1 Å². The van der Waals surface area contributed by atoms with Crippen molar-refractivity contribution in [3.8, 4) is 0 Å². The van der Waals surface area contributed by atoms with Crippen LogP contribution in [0.15, 0.2) is 0 Å². The second kappa shape index (κ2) is 4.44. The van der Waals surface area contributed by atoms with Crippen LogP contribution in [0.25, 0.3) is 0 Å². The third-order valence-electron chi connectivity index (χ3n) is 2.50. The fourth-order valence-corrected chi connectivity index (χ4v) is 1.71. The molecule has 0 fully saturated rings. The smallest absolute Gasteiger partial charge is 0.327 e. The van der Waals surface area contributed by atoms with Crippen molar-refractivity contribution in [2.75, 3.05) is 7.11 Å². The van der Waals surface area contributed by atoms with Crippen molar-refractivity contribution in [1.29, 1.82) is 0 Å². The molecule has 0 aliphatic rings. The lowest BCUT2D eigenvalue weighted by Crippen LogP contribution is -2.23. The van der Waals surface area contributed by atoms with Crippen LogP contribution in [-0.4, -0.2) is 22.9 Å². The summed E-state index contributed by atoms with van der Waals surface area (Å²) in [5.74, 6) is -0.433. The van der Waals surface area contributed by atoms with Gasteiger partial charge in [-0.15, -0.1) is 0 Å². The molecule has 5 nitrogen and oxygen atoms in total. The quantitative estimate of drug-likeness (QED) is 0.747. The van der Waals surface area contributed by atoms with Gasteiger partial charge >= 0.3 is 5.97 Å². The summed E-state index contributed by atoms with van der Waals surface area (Å²) in [5, 5.41) is 4.30. The van der Waals surface area contributed by atoms with Crippen molar-refractivity contribution in [1.82, 2.24) is 9.78 Å². The molecule has 2 N–H and O–H groups in total. The molecular weight excluding hydrogens is 194 g/mol. The number of nitrogens with zero attached hydrogens (tertiary/aromatic N) is 2. The number of hydrogen-bond acceptors (Lipinski definition) is 4. The van der Waals surface area contributed by atoms with Crippen LogP contribution in [-0.2, 0) is 16.1 Å². The molecular formula is C10H17N3O2. The van der Waals surface area contributed by atoms with Crippen molar-refractivity contribution in [3.63, 3.8) is 0 Å². The molecule has 0 spiro atoms. The van der Waals surface area contributed by atoms with E-state index in [0.717, 1.165) is 23.5 Å². The first-order valence-corrected chi connectivity index (χ1v) is 4.90. The SMILES string of the molecule is CCn1nc(C)c(C(N)C(=O)OC)c1C. The lowest BCUT2D eigenvalue weighted by Gasteiger charge is -2.09. The van der Waals surface area contributed by atoms with Gasteiger partial charge in [-0.2, -0.15) is 5.10 Å². The van der Waals surface area contributed by atoms with E-state index >= 15 is 0 Å². The van der Waals surface area contributed by atoms with Crippen LogP contribution in [0.4, 0.5) is 0 Å². The minimum absolute atomic E-state index is 0.433. The molecule has 15 heavy (non-hydrogen) atoms. The average molecular weight is 211 g/mol. The van der Waals surface area contributed by atoms with Crippen LogP contribution in [0, 0.1) is 13.8 Å². The second-order valence-electron chi connectivity index (χ2n) is 3.40. The summed E-state index contributed by atoms with van der Waals surface area (Å²) in [4.78, 5) is 11.3. The highest BCUT2D eigenvalue weighted by molar-refractivity contribution is 5.77. The Morgan fingerprint density at radius 1 is 1.60 bits per heavy atom. The zero-order valence-corrected chi connectivity index (χ0v) is 9.57. The van der Waals surface area contributed by atoms with Crippen molar-refractivity contribution >= 4 is 5.97 Å². The number of ether oxygens (including phenoxy) is 1. The molecule has 1 rings (SSSR count). The van der Waals surface area contributed by atoms with Crippen molar-refractivity contribution in [3.05, 3.63) is 17.0 Å². The minimum atomic E-state index is -0.740. The molecule has 0 radical (unpaired) electrons. The van der Waals surface area contributed by atoms with Crippen molar-refractivity contribution < 1.29 is 9.53 Å². The van der Waals surface area contributed by atoms with E-state index in [9.17, 15) is 4.79 Å². The normalized spacial score (nSPS) is 12.6. The first-order chi connectivity index (χ1) is 7.02. The lowest BCUT2D eigenvalue weighted by molar-refractivity contribution is -0.142. The number of esters is 1. The summed E-state index contributed by atoms with van der Waals surface area (Å²) in [7, 11) is 1.33. The Kier molecular flexibility index (Phi) is 3.47. The fourth-order valence-electron chi connectivity index (χ4n) is 1.71. The summed E-state index contributed by atoms with van der Waals surface area (Å²) in [5.41, 5.74) is 8.27. The van der Waals surface area contributed by atoms with Gasteiger partial charge in [0.2, 0.25) is 0 Å². The Balaban J connectivity index is 3.13. The van der Waals surface area contributed by atoms with Gasteiger partial charge in [0.25, 0.3) is 0 Å². The lowest BCUT2D eigenvalue weighted by atomic mass is 10.1. The van der Waals surface area contributed by atoms with Crippen LogP contribution in [0.1, 0.15) is 29.9 Å². The molecule has 0 aliphatic heterocycles. The molecule has 0 bridgehead atoms. The monoisotopic (exact) mass is 211 g/mol. The third kappa shape index (κ3) is 2.02. The molecule has 1 atom stereocenters. The Morgan fingerprint density at radius 2 is 2.20 bits per heavy atom. The first kappa shape index (κ1) is 11.7. The van der Waals surface area contributed by atoms with Crippen molar-refractivity contribution in [2.45, 2.75) is 33.4 Å². The minimum Gasteiger partial charge on any atom is -0.468 e. The molecule has 1 aromatic heterocycles. The fraction of sp³-hybridized carbons (Fsp3) is 0.600. The van der Waals surface area contributed by atoms with E-state index in [4.69, 9.17) is 5.73 Å². The molecule has 5 heteroatoms. The van der Waals surface area contributed by atoms with E-state index < -0.39 is 12.0 Å². The van der Waals surface area contributed by atoms with E-state index in [0.29, 0.717) is 0 Å². The third-order valence-corrected chi connectivity index (χ3v) is 2.50. The van der Waals surface area contributed by atoms with E-state index in [-0.39, 0.29) is 0 Å². The molecule has 1 heterocycles. The van der Waals surface area contributed by atoms with Gasteiger partial charge in [-0.3, -0.25) is 9.48 Å². The standard InChI is InChI=1S/C10H17N3O2/c1-5-13-7(3)8(6(2)12-13)9(11)10(14)15-4/h9H,5,11H2,1-4H3. The van der Waals surface area contributed by atoms with Crippen LogP contribution in [0.2, 0.25) is 0 Å². The number of methoxy groups -OCH3 is 1. The number of carbonyl (C=O) groups is 1. The van der Waals surface area contributed by atoms with Gasteiger partial charge in [-0.25, -0.2) is 0 Å². The van der Waals surface area contributed by atoms with Crippen LogP contribution < -0.4 is 5.73 Å². The zero-order valence-electron chi connectivity index (χ0n) is 9.57. The van der Waals surface area contributed by atoms with Gasteiger partial charge in [-0.05, 0) is 20.8 Å². The molecule has 1 aromatic rings. The zero-order chi connectivity index (χ0) is 11.6. The number of nitrogens with two attached hydrogens (primary N) is 1. The van der Waals surface area contributed by atoms with Crippen LogP contribution in [0.3, 0.4) is 0 Å². The van der Waals surface area contributed by atoms with Gasteiger partial charge in [0.15, 0.2) is 0 Å². The highest BCUT2D eigenvalue weighted by Crippen LogP contribution is 2.20. The summed E-state index contributed by atoms with van der Waals surface area (Å²) < 4.78 is 6.45. The Morgan fingerprint density at radius 3 is 2.60 bits per heavy atom. The van der Waals surface area contributed by atoms with E-state index in [1.807, 2.05) is 25.5 Å². The van der Waals surface area contributed by atoms with E-state index in [2.05, 4.69) is 9.84 Å². The number of hydrogen-bond donors (Lipinski definition) is 1. The Labute approximate surface area is 89.2 Å². The van der Waals surface area contributed by atoms with Crippen LogP contribution in [0.5, 0.6) is 0 Å². The van der Waals surface area contributed by atoms with Gasteiger partial charge in [0.1, 0.15) is 6.04 Å². The average Bonchev–Trinajstić information content (AvgIpc) is 2.51. The predicted molar refractivity (Wildman–Crippen MR) is 56.3 cm³/mol. The van der Waals surface area contributed by atoms with E-state index in [1.54, 1.807) is 0 Å². The van der Waals surface area contributed by atoms with Crippen molar-refractivity contribution in [2.24, 2.45) is 5.73 Å². The van der Waals surface area contributed by atoms with Gasteiger partial charge in [0.05, 0.1) is 12.8 Å². The molecule has 0 saturated carbocycles. The Bertz CT molecular complexity index is 371. The van der Waals surface area contributed by atoms with Gasteiger partial charge in [-0.1, -0.05) is 0 Å². The first-order valence-electron chi connectivity index (χ1n) is 4.90. The molecule has 0 aromatic carbocycles. The highest BCUT2D eigenvalue weighted by atomic mass is 16.5. The maximum atomic E-state index is 11.3.